The minimum atomic E-state index is -1.41. The second-order valence-electron chi connectivity index (χ2n) is 2.61. The minimum Gasteiger partial charge on any atom is -0.478 e. The number of hydrogen-bond donors (Lipinski definition) is 2. The van der Waals surface area contributed by atoms with Gasteiger partial charge in [-0.1, -0.05) is 12.1 Å². The second kappa shape index (κ2) is 4.80. The highest BCUT2D eigenvalue weighted by molar-refractivity contribution is 5.85. The molecule has 5 heteroatoms. The first-order chi connectivity index (χ1) is 7.08. The molecule has 0 atom stereocenters. The Labute approximate surface area is 85.2 Å². The quantitative estimate of drug-likeness (QED) is 0.449. The molecule has 1 rings (SSSR count). The normalized spacial score (nSPS) is 10.1. The van der Waals surface area contributed by atoms with Crippen molar-refractivity contribution in [1.29, 1.82) is 0 Å². The molecule has 0 unspecified atom stereocenters. The fraction of sp³-hybridized carbons (Fsp3) is 0. The summed E-state index contributed by atoms with van der Waals surface area (Å²) in [5.74, 6) is -0.922. The Balaban J connectivity index is 2.82. The van der Waals surface area contributed by atoms with Crippen LogP contribution in [0.2, 0.25) is 0 Å². The monoisotopic (exact) mass is 208 g/mol. The molecular weight excluding hydrogens is 200 g/mol. The minimum absolute atomic E-state index is 0.148. The number of rotatable bonds is 3. The first kappa shape index (κ1) is 10.8. The largest absolute Gasteiger partial charge is 0.511 e. The molecule has 0 bridgehead atoms. The van der Waals surface area contributed by atoms with Crippen LogP contribution in [-0.2, 0) is 4.79 Å². The van der Waals surface area contributed by atoms with Crippen LogP contribution in [-0.4, -0.2) is 22.3 Å². The molecule has 0 amide bonds. The zero-order chi connectivity index (χ0) is 11.3. The Hall–Kier alpha value is -2.30. The number of hydrogen-bond acceptors (Lipinski definition) is 3. The van der Waals surface area contributed by atoms with E-state index in [9.17, 15) is 9.59 Å². The molecule has 0 radical (unpaired) electrons. The van der Waals surface area contributed by atoms with E-state index in [1.54, 1.807) is 12.1 Å². The van der Waals surface area contributed by atoms with Crippen LogP contribution in [0.5, 0.6) is 5.75 Å². The highest BCUT2D eigenvalue weighted by Gasteiger charge is 2.00. The van der Waals surface area contributed by atoms with Gasteiger partial charge in [0, 0.05) is 6.08 Å². The van der Waals surface area contributed by atoms with Gasteiger partial charge in [-0.15, -0.1) is 0 Å². The van der Waals surface area contributed by atoms with E-state index in [2.05, 4.69) is 4.74 Å². The van der Waals surface area contributed by atoms with Gasteiger partial charge in [0.25, 0.3) is 0 Å². The maximum absolute atomic E-state index is 10.2. The molecule has 0 aliphatic heterocycles. The summed E-state index contributed by atoms with van der Waals surface area (Å²) in [5.41, 5.74) is 0.552. The van der Waals surface area contributed by atoms with Crippen LogP contribution in [0.3, 0.4) is 0 Å². The Morgan fingerprint density at radius 2 is 2.00 bits per heavy atom. The highest BCUT2D eigenvalue weighted by Crippen LogP contribution is 2.14. The lowest BCUT2D eigenvalue weighted by atomic mass is 10.2. The predicted molar refractivity (Wildman–Crippen MR) is 51.8 cm³/mol. The number of carbonyl (C=O) groups is 2. The third-order valence-electron chi connectivity index (χ3n) is 1.48. The predicted octanol–water partition coefficient (Wildman–Crippen LogP) is 1.84. The van der Waals surface area contributed by atoms with Gasteiger partial charge in [0.1, 0.15) is 5.75 Å². The van der Waals surface area contributed by atoms with Gasteiger partial charge in [-0.3, -0.25) is 0 Å². The van der Waals surface area contributed by atoms with Gasteiger partial charge < -0.3 is 14.9 Å². The second-order valence-corrected chi connectivity index (χ2v) is 2.61. The number of carboxylic acids is 1. The molecule has 15 heavy (non-hydrogen) atoms. The van der Waals surface area contributed by atoms with Gasteiger partial charge in [0.2, 0.25) is 0 Å². The van der Waals surface area contributed by atoms with Crippen LogP contribution in [0.4, 0.5) is 4.79 Å². The fourth-order valence-corrected chi connectivity index (χ4v) is 0.950. The van der Waals surface area contributed by atoms with Crippen LogP contribution in [0.1, 0.15) is 5.56 Å². The van der Waals surface area contributed by atoms with Crippen LogP contribution in [0.15, 0.2) is 30.3 Å². The molecule has 0 saturated carbocycles. The van der Waals surface area contributed by atoms with Crippen molar-refractivity contribution in [3.05, 3.63) is 35.9 Å². The summed E-state index contributed by atoms with van der Waals surface area (Å²) < 4.78 is 4.40. The van der Waals surface area contributed by atoms with E-state index in [1.165, 1.54) is 18.2 Å². The maximum Gasteiger partial charge on any atom is 0.511 e. The number of carboxylic acid groups (broad SMARTS) is 2. The summed E-state index contributed by atoms with van der Waals surface area (Å²) in [6, 6.07) is 6.09. The van der Waals surface area contributed by atoms with Crippen molar-refractivity contribution in [2.75, 3.05) is 0 Å². The summed E-state index contributed by atoms with van der Waals surface area (Å²) in [7, 11) is 0. The summed E-state index contributed by atoms with van der Waals surface area (Å²) >= 11 is 0. The van der Waals surface area contributed by atoms with Gasteiger partial charge >= 0.3 is 12.1 Å². The van der Waals surface area contributed by atoms with Crippen LogP contribution >= 0.6 is 0 Å². The van der Waals surface area contributed by atoms with Crippen molar-refractivity contribution in [3.63, 3.8) is 0 Å². The SMILES string of the molecule is O=C(O)/C=C/c1cccc(OC(=O)O)c1. The van der Waals surface area contributed by atoms with Gasteiger partial charge in [-0.2, -0.15) is 0 Å². The van der Waals surface area contributed by atoms with Gasteiger partial charge in [-0.05, 0) is 23.8 Å². The Morgan fingerprint density at radius 3 is 2.60 bits per heavy atom. The van der Waals surface area contributed by atoms with E-state index < -0.39 is 12.1 Å². The number of aliphatic carboxylic acids is 1. The van der Waals surface area contributed by atoms with E-state index in [0.717, 1.165) is 6.08 Å². The van der Waals surface area contributed by atoms with Crippen molar-refractivity contribution in [3.8, 4) is 5.75 Å². The molecule has 1 aromatic rings. The average Bonchev–Trinajstić information content (AvgIpc) is 2.14. The van der Waals surface area contributed by atoms with E-state index in [1.807, 2.05) is 0 Å². The molecule has 78 valence electrons. The molecule has 0 heterocycles. The molecule has 0 fully saturated rings. The lowest BCUT2D eigenvalue weighted by molar-refractivity contribution is -0.131. The first-order valence-corrected chi connectivity index (χ1v) is 4.00. The first-order valence-electron chi connectivity index (χ1n) is 4.00. The molecule has 0 aliphatic carbocycles. The standard InChI is InChI=1S/C10H8O5/c11-9(12)5-4-7-2-1-3-8(6-7)15-10(13)14/h1-6H,(H,11,12)(H,13,14)/b5-4+. The lowest BCUT2D eigenvalue weighted by Crippen LogP contribution is -2.02. The number of ether oxygens (including phenoxy) is 1. The summed E-state index contributed by atoms with van der Waals surface area (Å²) in [6.07, 6.45) is 0.895. The van der Waals surface area contributed by atoms with Gasteiger partial charge in [-0.25, -0.2) is 9.59 Å². The topological polar surface area (TPSA) is 83.8 Å². The van der Waals surface area contributed by atoms with Crippen LogP contribution in [0, 0.1) is 0 Å². The van der Waals surface area contributed by atoms with Crippen molar-refractivity contribution in [1.82, 2.24) is 0 Å². The summed E-state index contributed by atoms with van der Waals surface area (Å²) in [4.78, 5) is 20.4. The molecule has 0 saturated heterocycles. The Kier molecular flexibility index (Phi) is 3.45. The Morgan fingerprint density at radius 1 is 1.27 bits per heavy atom. The van der Waals surface area contributed by atoms with Crippen LogP contribution in [0.25, 0.3) is 6.08 Å². The van der Waals surface area contributed by atoms with Crippen LogP contribution < -0.4 is 4.74 Å². The molecular formula is C10H8O5. The van der Waals surface area contributed by atoms with Gasteiger partial charge in [0.15, 0.2) is 0 Å². The molecule has 0 aromatic heterocycles. The van der Waals surface area contributed by atoms with Crippen molar-refractivity contribution >= 4 is 18.2 Å². The molecule has 0 aliphatic rings. The third kappa shape index (κ3) is 3.95. The zero-order valence-electron chi connectivity index (χ0n) is 7.58. The summed E-state index contributed by atoms with van der Waals surface area (Å²) in [6.45, 7) is 0. The molecule has 1 aromatic carbocycles. The molecule has 0 spiro atoms. The maximum atomic E-state index is 10.2. The Bertz CT molecular complexity index is 408. The zero-order valence-corrected chi connectivity index (χ0v) is 7.58. The summed E-state index contributed by atoms with van der Waals surface area (Å²) in [5, 5.41) is 16.7. The van der Waals surface area contributed by atoms with Crippen molar-refractivity contribution in [2.45, 2.75) is 0 Å². The van der Waals surface area contributed by atoms with E-state index >= 15 is 0 Å². The molecule has 2 N–H and O–H groups in total. The smallest absolute Gasteiger partial charge is 0.478 e. The van der Waals surface area contributed by atoms with E-state index in [4.69, 9.17) is 10.2 Å². The highest BCUT2D eigenvalue weighted by atomic mass is 16.7. The fourth-order valence-electron chi connectivity index (χ4n) is 0.950. The molecule has 5 nitrogen and oxygen atoms in total. The van der Waals surface area contributed by atoms with E-state index in [-0.39, 0.29) is 5.75 Å². The lowest BCUT2D eigenvalue weighted by Gasteiger charge is -1.99. The van der Waals surface area contributed by atoms with Gasteiger partial charge in [0.05, 0.1) is 0 Å². The van der Waals surface area contributed by atoms with Crippen molar-refractivity contribution < 1.29 is 24.5 Å². The average molecular weight is 208 g/mol. The third-order valence-corrected chi connectivity index (χ3v) is 1.48. The van der Waals surface area contributed by atoms with E-state index in [0.29, 0.717) is 5.56 Å². The van der Waals surface area contributed by atoms with Crippen molar-refractivity contribution in [2.24, 2.45) is 0 Å². The number of benzene rings is 1.